The summed E-state index contributed by atoms with van der Waals surface area (Å²) in [5.74, 6) is -0.236. The van der Waals surface area contributed by atoms with Crippen LogP contribution >= 0.6 is 15.9 Å². The van der Waals surface area contributed by atoms with E-state index in [2.05, 4.69) is 26.5 Å². The Balaban J connectivity index is 1.90. The zero-order valence-corrected chi connectivity index (χ0v) is 13.2. The number of benzene rings is 2. The van der Waals surface area contributed by atoms with Crippen molar-refractivity contribution in [3.63, 3.8) is 0 Å². The number of rotatable bonds is 4. The van der Waals surface area contributed by atoms with E-state index >= 15 is 0 Å². The van der Waals surface area contributed by atoms with Crippen LogP contribution < -0.4 is 5.43 Å². The molecule has 0 aliphatic heterocycles. The van der Waals surface area contributed by atoms with Gasteiger partial charge in [0, 0.05) is 16.3 Å². The van der Waals surface area contributed by atoms with Crippen LogP contribution in [0.3, 0.4) is 0 Å². The van der Waals surface area contributed by atoms with Crippen molar-refractivity contribution >= 4 is 34.1 Å². The van der Waals surface area contributed by atoms with Crippen LogP contribution in [0.15, 0.2) is 64.2 Å². The Hall–Kier alpha value is -2.20. The lowest BCUT2D eigenvalue weighted by Crippen LogP contribution is -2.17. The average Bonchev–Trinajstić information content (AvgIpc) is 2.50. The summed E-state index contributed by atoms with van der Waals surface area (Å²) in [6.45, 7) is 1.97. The number of nitrogens with one attached hydrogen (secondary N) is 1. The summed E-state index contributed by atoms with van der Waals surface area (Å²) in [6.07, 6.45) is 5.24. The number of nitrogens with zero attached hydrogens (tertiary/aromatic N) is 1. The molecule has 0 atom stereocenters. The zero-order valence-electron chi connectivity index (χ0n) is 11.6. The molecule has 0 radical (unpaired) electrons. The summed E-state index contributed by atoms with van der Waals surface area (Å²) < 4.78 is 0.906. The van der Waals surface area contributed by atoms with Gasteiger partial charge in [0.1, 0.15) is 0 Å². The topological polar surface area (TPSA) is 41.5 Å². The summed E-state index contributed by atoms with van der Waals surface area (Å²) in [7, 11) is 0. The first-order valence-electron chi connectivity index (χ1n) is 6.48. The van der Waals surface area contributed by atoms with E-state index in [1.54, 1.807) is 24.4 Å². The Morgan fingerprint density at radius 2 is 1.95 bits per heavy atom. The fourth-order valence-electron chi connectivity index (χ4n) is 1.66. The van der Waals surface area contributed by atoms with Gasteiger partial charge in [-0.3, -0.25) is 4.79 Å². The molecule has 106 valence electrons. The lowest BCUT2D eigenvalue weighted by atomic mass is 10.1. The molecule has 0 saturated carbocycles. The number of carbonyl (C=O) groups is 1. The van der Waals surface area contributed by atoms with Gasteiger partial charge in [0.05, 0.1) is 0 Å². The van der Waals surface area contributed by atoms with Gasteiger partial charge in [-0.1, -0.05) is 58.4 Å². The van der Waals surface area contributed by atoms with E-state index in [1.807, 2.05) is 49.4 Å². The van der Waals surface area contributed by atoms with Crippen LogP contribution in [0, 0.1) is 6.92 Å². The summed E-state index contributed by atoms with van der Waals surface area (Å²) in [5.41, 5.74) is 5.22. The van der Waals surface area contributed by atoms with Crippen LogP contribution in [-0.4, -0.2) is 12.1 Å². The maximum atomic E-state index is 11.9. The molecule has 0 saturated heterocycles. The fraction of sp³-hybridized carbons (Fsp3) is 0.0588. The third-order valence-electron chi connectivity index (χ3n) is 2.85. The van der Waals surface area contributed by atoms with E-state index in [9.17, 15) is 4.79 Å². The van der Waals surface area contributed by atoms with Gasteiger partial charge < -0.3 is 0 Å². The van der Waals surface area contributed by atoms with E-state index in [0.29, 0.717) is 5.56 Å². The first-order valence-corrected chi connectivity index (χ1v) is 7.27. The molecule has 2 rings (SSSR count). The monoisotopic (exact) mass is 342 g/mol. The molecule has 0 heterocycles. The summed E-state index contributed by atoms with van der Waals surface area (Å²) in [5, 5.41) is 3.89. The van der Waals surface area contributed by atoms with Crippen LogP contribution in [0.2, 0.25) is 0 Å². The second-order valence-corrected chi connectivity index (χ2v) is 5.31. The normalized spacial score (nSPS) is 11.1. The number of allylic oxidation sites excluding steroid dienone is 1. The predicted molar refractivity (Wildman–Crippen MR) is 90.3 cm³/mol. The molecule has 0 spiro atoms. The maximum absolute atomic E-state index is 11.9. The van der Waals surface area contributed by atoms with Gasteiger partial charge in [0.2, 0.25) is 0 Å². The summed E-state index contributed by atoms with van der Waals surface area (Å²) >= 11 is 3.40. The number of hydrogen-bond acceptors (Lipinski definition) is 2. The molecule has 4 heteroatoms. The van der Waals surface area contributed by atoms with E-state index in [0.717, 1.165) is 15.6 Å². The Bertz CT molecular complexity index is 678. The maximum Gasteiger partial charge on any atom is 0.271 e. The van der Waals surface area contributed by atoms with Crippen molar-refractivity contribution in [1.29, 1.82) is 0 Å². The highest BCUT2D eigenvalue weighted by Crippen LogP contribution is 2.17. The molecule has 0 aliphatic rings. The van der Waals surface area contributed by atoms with E-state index in [-0.39, 0.29) is 5.91 Å². The molecule has 21 heavy (non-hydrogen) atoms. The highest BCUT2D eigenvalue weighted by Gasteiger charge is 2.05. The first kappa shape index (κ1) is 15.2. The Labute approximate surface area is 132 Å². The van der Waals surface area contributed by atoms with Gasteiger partial charge in [0.25, 0.3) is 5.91 Å². The van der Waals surface area contributed by atoms with Crippen molar-refractivity contribution < 1.29 is 4.79 Å². The van der Waals surface area contributed by atoms with Gasteiger partial charge in [0.15, 0.2) is 0 Å². The lowest BCUT2D eigenvalue weighted by molar-refractivity contribution is 0.0955. The number of amides is 1. The molecule has 1 amide bonds. The van der Waals surface area contributed by atoms with Gasteiger partial charge in [-0.25, -0.2) is 5.43 Å². The quantitative estimate of drug-likeness (QED) is 0.656. The largest absolute Gasteiger partial charge is 0.271 e. The van der Waals surface area contributed by atoms with Gasteiger partial charge in [-0.15, -0.1) is 0 Å². The first-order chi connectivity index (χ1) is 10.2. The van der Waals surface area contributed by atoms with Crippen molar-refractivity contribution in [3.8, 4) is 0 Å². The Morgan fingerprint density at radius 3 is 2.67 bits per heavy atom. The molecular formula is C17H15BrN2O. The Kier molecular flexibility index (Phi) is 5.46. The molecule has 2 aromatic carbocycles. The van der Waals surface area contributed by atoms with Crippen LogP contribution in [-0.2, 0) is 0 Å². The highest BCUT2D eigenvalue weighted by atomic mass is 79.9. The Morgan fingerprint density at radius 1 is 1.19 bits per heavy atom. The smallest absolute Gasteiger partial charge is 0.267 e. The standard InChI is InChI=1S/C17H15BrN2O/c1-13-9-10-15(12-16(13)18)17(21)20-19-11-5-8-14-6-3-2-4-7-14/h2-12H,1H3,(H,20,21)/b8-5+,19-11+. The third-order valence-corrected chi connectivity index (χ3v) is 3.70. The molecule has 3 nitrogen and oxygen atoms in total. The zero-order chi connectivity index (χ0) is 15.1. The van der Waals surface area contributed by atoms with Gasteiger partial charge in [-0.2, -0.15) is 5.10 Å². The molecule has 0 aromatic heterocycles. The number of halogens is 1. The molecule has 1 N–H and O–H groups in total. The number of carbonyl (C=O) groups excluding carboxylic acids is 1. The van der Waals surface area contributed by atoms with Crippen LogP contribution in [0.4, 0.5) is 0 Å². The summed E-state index contributed by atoms with van der Waals surface area (Å²) in [6, 6.07) is 15.3. The van der Waals surface area contributed by atoms with E-state index in [4.69, 9.17) is 0 Å². The minimum Gasteiger partial charge on any atom is -0.267 e. The highest BCUT2D eigenvalue weighted by molar-refractivity contribution is 9.10. The van der Waals surface area contributed by atoms with Gasteiger partial charge in [-0.05, 0) is 36.3 Å². The van der Waals surface area contributed by atoms with Crippen molar-refractivity contribution in [1.82, 2.24) is 5.43 Å². The van der Waals surface area contributed by atoms with Crippen molar-refractivity contribution in [2.75, 3.05) is 0 Å². The van der Waals surface area contributed by atoms with E-state index < -0.39 is 0 Å². The predicted octanol–water partition coefficient (Wildman–Crippen LogP) is 4.19. The number of hydrazone groups is 1. The van der Waals surface area contributed by atoms with Crippen molar-refractivity contribution in [2.24, 2.45) is 5.10 Å². The second-order valence-electron chi connectivity index (χ2n) is 4.45. The van der Waals surface area contributed by atoms with E-state index in [1.165, 1.54) is 0 Å². The average molecular weight is 343 g/mol. The lowest BCUT2D eigenvalue weighted by Gasteiger charge is -2.02. The molecule has 0 unspecified atom stereocenters. The molecule has 2 aromatic rings. The summed E-state index contributed by atoms with van der Waals surface area (Å²) in [4.78, 5) is 11.9. The number of aryl methyl sites for hydroxylation is 1. The molecule has 0 fully saturated rings. The number of hydrogen-bond donors (Lipinski definition) is 1. The molecule has 0 aliphatic carbocycles. The van der Waals surface area contributed by atoms with Crippen LogP contribution in [0.5, 0.6) is 0 Å². The molecule has 0 bridgehead atoms. The third kappa shape index (κ3) is 4.68. The van der Waals surface area contributed by atoms with Crippen LogP contribution in [0.25, 0.3) is 6.08 Å². The second kappa shape index (κ2) is 7.55. The fourth-order valence-corrected chi connectivity index (χ4v) is 2.03. The SMILES string of the molecule is Cc1ccc(C(=O)N/N=C/C=C/c2ccccc2)cc1Br. The van der Waals surface area contributed by atoms with Crippen molar-refractivity contribution in [3.05, 3.63) is 75.8 Å². The minimum absolute atomic E-state index is 0.236. The van der Waals surface area contributed by atoms with Gasteiger partial charge >= 0.3 is 0 Å². The molecular weight excluding hydrogens is 328 g/mol. The minimum atomic E-state index is -0.236. The van der Waals surface area contributed by atoms with Crippen molar-refractivity contribution in [2.45, 2.75) is 6.92 Å². The van der Waals surface area contributed by atoms with Crippen LogP contribution in [0.1, 0.15) is 21.5 Å².